The van der Waals surface area contributed by atoms with Crippen molar-refractivity contribution in [3.8, 4) is 11.3 Å². The van der Waals surface area contributed by atoms with Crippen LogP contribution in [-0.2, 0) is 0 Å². The smallest absolute Gasteiger partial charge is 0.232 e. The summed E-state index contributed by atoms with van der Waals surface area (Å²) in [6.07, 6.45) is 0. The van der Waals surface area contributed by atoms with E-state index in [1.165, 1.54) is 12.1 Å². The van der Waals surface area contributed by atoms with Crippen LogP contribution in [0.1, 0.15) is 21.1 Å². The van der Waals surface area contributed by atoms with Crippen LogP contribution in [0.4, 0.5) is 11.4 Å². The number of nitroso groups, excluding NO2 is 1. The number of nitrogens with two attached hydrogens (primary N) is 1. The lowest BCUT2D eigenvalue weighted by Gasteiger charge is -1.99. The van der Waals surface area contributed by atoms with Crippen molar-refractivity contribution >= 4 is 39.5 Å². The molecule has 2 aromatic heterocycles. The van der Waals surface area contributed by atoms with E-state index in [1.807, 2.05) is 30.5 Å². The third-order valence-corrected chi connectivity index (χ3v) is 4.93. The first-order chi connectivity index (χ1) is 12.6. The number of hydrogen-bond donors (Lipinski definition) is 1. The van der Waals surface area contributed by atoms with Crippen molar-refractivity contribution in [3.05, 3.63) is 69.1 Å². The number of thiazole rings is 1. The zero-order chi connectivity index (χ0) is 18.3. The fraction of sp³-hybridized carbons (Fsp3) is 0.0526. The monoisotopic (exact) mass is 364 g/mol. The third kappa shape index (κ3) is 2.68. The number of fused-ring (bicyclic) bond motifs is 1. The summed E-state index contributed by atoms with van der Waals surface area (Å²) < 4.78 is 5.76. The molecule has 0 radical (unpaired) electrons. The van der Waals surface area contributed by atoms with Crippen molar-refractivity contribution in [1.29, 1.82) is 0 Å². The van der Waals surface area contributed by atoms with Gasteiger partial charge in [-0.05, 0) is 35.5 Å². The highest BCUT2D eigenvalue weighted by atomic mass is 32.1. The maximum absolute atomic E-state index is 12.7. The Labute approximate surface area is 152 Å². The Morgan fingerprint density at radius 3 is 2.81 bits per heavy atom. The molecule has 0 aliphatic rings. The van der Waals surface area contributed by atoms with Gasteiger partial charge < -0.3 is 10.2 Å². The number of nitrogen functional groups attached to an aromatic ring is 1. The Balaban J connectivity index is 1.79. The van der Waals surface area contributed by atoms with Gasteiger partial charge in [0.2, 0.25) is 16.5 Å². The number of rotatable bonds is 4. The molecular weight excluding hydrogens is 350 g/mol. The third-order valence-electron chi connectivity index (χ3n) is 4.12. The van der Waals surface area contributed by atoms with Gasteiger partial charge in [0, 0.05) is 17.9 Å². The lowest BCUT2D eigenvalue weighted by Crippen LogP contribution is -2.03. The fourth-order valence-electron chi connectivity index (χ4n) is 2.82. The van der Waals surface area contributed by atoms with Crippen LogP contribution in [0.25, 0.3) is 22.2 Å². The molecule has 0 saturated heterocycles. The summed E-state index contributed by atoms with van der Waals surface area (Å²) in [6, 6.07) is 11.7. The molecule has 0 fully saturated rings. The predicted octanol–water partition coefficient (Wildman–Crippen LogP) is 4.49. The maximum atomic E-state index is 12.7. The van der Waals surface area contributed by atoms with Crippen LogP contribution in [0.15, 0.2) is 57.4 Å². The summed E-state index contributed by atoms with van der Waals surface area (Å²) in [5, 5.41) is 6.64. The second-order valence-corrected chi connectivity index (χ2v) is 6.94. The number of hydrogen-bond acceptors (Lipinski definition) is 6. The van der Waals surface area contributed by atoms with E-state index >= 15 is 0 Å². The van der Waals surface area contributed by atoms with Crippen LogP contribution < -0.4 is 10.7 Å². The van der Waals surface area contributed by atoms with Gasteiger partial charge in [0.05, 0.1) is 16.6 Å². The minimum Gasteiger partial charge on any atom is -0.450 e. The summed E-state index contributed by atoms with van der Waals surface area (Å²) in [6.45, 7) is 2.00. The van der Waals surface area contributed by atoms with Gasteiger partial charge in [-0.1, -0.05) is 23.5 Å². The summed E-state index contributed by atoms with van der Waals surface area (Å²) in [5.41, 5.74) is 9.35. The largest absolute Gasteiger partial charge is 0.450 e. The normalized spacial score (nSPS) is 11.0. The molecule has 0 saturated carbocycles. The zero-order valence-electron chi connectivity index (χ0n) is 13.8. The number of aromatic nitrogens is 1. The van der Waals surface area contributed by atoms with E-state index in [2.05, 4.69) is 10.2 Å². The summed E-state index contributed by atoms with van der Waals surface area (Å²) >= 11 is 1.62. The number of ketones is 1. The SMILES string of the molecule is Cc1[nH+]c(-c2ccc3c(N)c(C(=O)c4cccc(N=O)c4)oc3c2)cs1. The fourth-order valence-corrected chi connectivity index (χ4v) is 3.48. The molecule has 0 bridgehead atoms. The molecule has 4 rings (SSSR count). The minimum absolute atomic E-state index is 0.0608. The summed E-state index contributed by atoms with van der Waals surface area (Å²) in [4.78, 5) is 26.7. The van der Waals surface area contributed by atoms with Crippen molar-refractivity contribution in [3.63, 3.8) is 0 Å². The van der Waals surface area contributed by atoms with Crippen molar-refractivity contribution in [1.82, 2.24) is 0 Å². The number of aryl methyl sites for hydroxylation is 1. The molecule has 0 aliphatic carbocycles. The van der Waals surface area contributed by atoms with E-state index in [9.17, 15) is 9.70 Å². The van der Waals surface area contributed by atoms with E-state index in [0.717, 1.165) is 16.3 Å². The number of anilines is 1. The molecular formula is C19H14N3O3S+. The highest BCUT2D eigenvalue weighted by molar-refractivity contribution is 7.09. The highest BCUT2D eigenvalue weighted by Crippen LogP contribution is 2.33. The molecule has 7 heteroatoms. The van der Waals surface area contributed by atoms with Crippen LogP contribution >= 0.6 is 11.3 Å². The Bertz CT molecular complexity index is 1160. The van der Waals surface area contributed by atoms with Gasteiger partial charge in [0.1, 0.15) is 11.3 Å². The number of nitrogens with one attached hydrogen (secondary N) is 1. The minimum atomic E-state index is -0.385. The molecule has 2 heterocycles. The van der Waals surface area contributed by atoms with E-state index < -0.39 is 0 Å². The molecule has 0 aliphatic heterocycles. The average Bonchev–Trinajstić information content (AvgIpc) is 3.24. The van der Waals surface area contributed by atoms with Gasteiger partial charge >= 0.3 is 0 Å². The lowest BCUT2D eigenvalue weighted by molar-refractivity contribution is -0.366. The van der Waals surface area contributed by atoms with E-state index in [-0.39, 0.29) is 22.9 Å². The number of furan rings is 1. The highest BCUT2D eigenvalue weighted by Gasteiger charge is 2.21. The second-order valence-electron chi connectivity index (χ2n) is 5.86. The first kappa shape index (κ1) is 16.2. The van der Waals surface area contributed by atoms with E-state index in [1.54, 1.807) is 23.5 Å². The van der Waals surface area contributed by atoms with E-state index in [4.69, 9.17) is 10.2 Å². The Hall–Kier alpha value is -3.32. The Kier molecular flexibility index (Phi) is 3.85. The number of carbonyl (C=O) groups is 1. The number of H-pyrrole nitrogens is 1. The van der Waals surface area contributed by atoms with Crippen LogP contribution in [0, 0.1) is 11.8 Å². The van der Waals surface area contributed by atoms with E-state index in [0.29, 0.717) is 16.5 Å². The molecule has 0 spiro atoms. The van der Waals surface area contributed by atoms with Crippen LogP contribution in [0.2, 0.25) is 0 Å². The average molecular weight is 364 g/mol. The quantitative estimate of drug-likeness (QED) is 0.426. The number of aromatic amines is 1. The van der Waals surface area contributed by atoms with Gasteiger partial charge in [-0.25, -0.2) is 0 Å². The molecule has 0 atom stereocenters. The topological polar surface area (TPSA) is 99.8 Å². The van der Waals surface area contributed by atoms with Crippen molar-refractivity contribution in [2.45, 2.75) is 6.92 Å². The zero-order valence-corrected chi connectivity index (χ0v) is 14.6. The first-order valence-corrected chi connectivity index (χ1v) is 8.72. The molecule has 26 heavy (non-hydrogen) atoms. The molecule has 0 unspecified atom stereocenters. The molecule has 2 aromatic carbocycles. The standard InChI is InChI=1S/C19H13N3O3S/c1-10-21-15(9-26-10)11-5-6-14-16(8-11)25-19(17(14)20)18(23)12-3-2-4-13(7-12)22-24/h2-9H,20H2,1H3/p+1. The number of benzene rings is 2. The van der Waals surface area contributed by atoms with Crippen LogP contribution in [-0.4, -0.2) is 5.78 Å². The molecule has 4 aromatic rings. The van der Waals surface area contributed by atoms with Crippen molar-refractivity contribution < 1.29 is 14.2 Å². The van der Waals surface area contributed by atoms with Gasteiger partial charge in [0.25, 0.3) is 0 Å². The second kappa shape index (κ2) is 6.20. The van der Waals surface area contributed by atoms with Gasteiger partial charge in [-0.2, -0.15) is 4.98 Å². The molecule has 3 N–H and O–H groups in total. The predicted molar refractivity (Wildman–Crippen MR) is 101 cm³/mol. The Morgan fingerprint density at radius 1 is 1.23 bits per heavy atom. The summed E-state index contributed by atoms with van der Waals surface area (Å²) in [5.74, 6) is -0.325. The van der Waals surface area contributed by atoms with Gasteiger partial charge in [-0.15, -0.1) is 4.91 Å². The number of carbonyl (C=O) groups excluding carboxylic acids is 1. The number of nitrogens with zero attached hydrogens (tertiary/aromatic N) is 1. The summed E-state index contributed by atoms with van der Waals surface area (Å²) in [7, 11) is 0. The Morgan fingerprint density at radius 2 is 2.08 bits per heavy atom. The van der Waals surface area contributed by atoms with Gasteiger partial charge in [0.15, 0.2) is 5.76 Å². The van der Waals surface area contributed by atoms with Crippen molar-refractivity contribution in [2.75, 3.05) is 5.73 Å². The molecule has 0 amide bonds. The molecule has 6 nitrogen and oxygen atoms in total. The van der Waals surface area contributed by atoms with Crippen molar-refractivity contribution in [2.24, 2.45) is 5.18 Å². The molecule has 128 valence electrons. The van der Waals surface area contributed by atoms with Crippen LogP contribution in [0.3, 0.4) is 0 Å². The van der Waals surface area contributed by atoms with Gasteiger partial charge in [-0.3, -0.25) is 4.79 Å². The van der Waals surface area contributed by atoms with Crippen LogP contribution in [0.5, 0.6) is 0 Å². The lowest BCUT2D eigenvalue weighted by atomic mass is 10.1. The first-order valence-electron chi connectivity index (χ1n) is 7.85. The maximum Gasteiger partial charge on any atom is 0.232 e.